The molecule has 0 aromatic heterocycles. The number of benzene rings is 2. The molecule has 1 radical (unpaired) electrons. The number of aliphatic hydroxyl groups is 1. The van der Waals surface area contributed by atoms with Crippen molar-refractivity contribution in [2.75, 3.05) is 26.7 Å². The molecule has 0 saturated carbocycles. The molecule has 171 valence electrons. The van der Waals surface area contributed by atoms with E-state index >= 15 is 0 Å². The van der Waals surface area contributed by atoms with Crippen molar-refractivity contribution in [1.82, 2.24) is 10.2 Å². The van der Waals surface area contributed by atoms with Gasteiger partial charge in [0.05, 0.1) is 5.60 Å². The number of hydrogen-bond acceptors (Lipinski definition) is 3. The van der Waals surface area contributed by atoms with Crippen LogP contribution in [0, 0.1) is 6.07 Å². The maximum absolute atomic E-state index is 12.9. The maximum atomic E-state index is 12.9. The SMILES string of the molecule is CNCCc1c[c]cc2c1CCC2CC1(O)CCN(C(=O)C[C@@H](C)c2ccccc2)CC1. The van der Waals surface area contributed by atoms with Gasteiger partial charge in [0.15, 0.2) is 0 Å². The van der Waals surface area contributed by atoms with Crippen molar-refractivity contribution in [3.05, 3.63) is 70.8 Å². The highest BCUT2D eigenvalue weighted by atomic mass is 16.3. The van der Waals surface area contributed by atoms with Gasteiger partial charge in [-0.25, -0.2) is 0 Å². The van der Waals surface area contributed by atoms with Gasteiger partial charge in [-0.05, 0) is 92.3 Å². The van der Waals surface area contributed by atoms with Gasteiger partial charge in [-0.3, -0.25) is 4.79 Å². The van der Waals surface area contributed by atoms with E-state index in [4.69, 9.17) is 0 Å². The van der Waals surface area contributed by atoms with Crippen molar-refractivity contribution in [2.24, 2.45) is 0 Å². The summed E-state index contributed by atoms with van der Waals surface area (Å²) in [4.78, 5) is 14.8. The highest BCUT2D eigenvalue weighted by Gasteiger charge is 2.38. The molecule has 1 heterocycles. The average molecular weight is 434 g/mol. The molecule has 2 N–H and O–H groups in total. The van der Waals surface area contributed by atoms with Gasteiger partial charge in [0.1, 0.15) is 0 Å². The van der Waals surface area contributed by atoms with Gasteiger partial charge in [0, 0.05) is 19.5 Å². The lowest BCUT2D eigenvalue weighted by Gasteiger charge is -2.40. The van der Waals surface area contributed by atoms with Crippen LogP contribution in [-0.2, 0) is 17.6 Å². The van der Waals surface area contributed by atoms with Crippen LogP contribution in [0.4, 0.5) is 0 Å². The Morgan fingerprint density at radius 1 is 1.25 bits per heavy atom. The van der Waals surface area contributed by atoms with E-state index in [9.17, 15) is 9.90 Å². The largest absolute Gasteiger partial charge is 0.390 e. The molecule has 1 saturated heterocycles. The fourth-order valence-electron chi connectivity index (χ4n) is 5.56. The highest BCUT2D eigenvalue weighted by molar-refractivity contribution is 5.77. The van der Waals surface area contributed by atoms with Crippen LogP contribution in [0.25, 0.3) is 0 Å². The number of amides is 1. The molecule has 2 aromatic carbocycles. The summed E-state index contributed by atoms with van der Waals surface area (Å²) < 4.78 is 0. The van der Waals surface area contributed by atoms with Crippen molar-refractivity contribution in [3.63, 3.8) is 0 Å². The smallest absolute Gasteiger partial charge is 0.223 e. The number of nitrogens with one attached hydrogen (secondary N) is 1. The molecule has 0 bridgehead atoms. The first kappa shape index (κ1) is 23.0. The van der Waals surface area contributed by atoms with Crippen LogP contribution in [-0.4, -0.2) is 48.2 Å². The summed E-state index contributed by atoms with van der Waals surface area (Å²) in [6.45, 7) is 4.41. The molecule has 1 unspecified atom stereocenters. The lowest BCUT2D eigenvalue weighted by Crippen LogP contribution is -2.47. The molecule has 2 aromatic rings. The zero-order valence-electron chi connectivity index (χ0n) is 19.6. The predicted molar refractivity (Wildman–Crippen MR) is 129 cm³/mol. The Morgan fingerprint density at radius 2 is 2.00 bits per heavy atom. The van der Waals surface area contributed by atoms with Crippen LogP contribution in [0.2, 0.25) is 0 Å². The number of hydrogen-bond donors (Lipinski definition) is 2. The highest BCUT2D eigenvalue weighted by Crippen LogP contribution is 2.42. The molecule has 1 fully saturated rings. The van der Waals surface area contributed by atoms with Gasteiger partial charge in [-0.1, -0.05) is 49.4 Å². The first-order valence-electron chi connectivity index (χ1n) is 12.2. The number of carbonyl (C=O) groups is 1. The van der Waals surface area contributed by atoms with Crippen LogP contribution in [0.5, 0.6) is 0 Å². The maximum Gasteiger partial charge on any atom is 0.223 e. The van der Waals surface area contributed by atoms with Crippen molar-refractivity contribution < 1.29 is 9.90 Å². The van der Waals surface area contributed by atoms with Crippen molar-refractivity contribution in [1.29, 1.82) is 0 Å². The van der Waals surface area contributed by atoms with E-state index in [1.807, 2.05) is 30.1 Å². The van der Waals surface area contributed by atoms with E-state index in [2.05, 4.69) is 42.6 Å². The molecule has 2 atom stereocenters. The van der Waals surface area contributed by atoms with Crippen LogP contribution >= 0.6 is 0 Å². The molecule has 4 nitrogen and oxygen atoms in total. The van der Waals surface area contributed by atoms with Gasteiger partial charge in [-0.2, -0.15) is 0 Å². The van der Waals surface area contributed by atoms with Gasteiger partial charge >= 0.3 is 0 Å². The molecule has 0 spiro atoms. The Bertz CT molecular complexity index is 903. The first-order valence-corrected chi connectivity index (χ1v) is 12.2. The van der Waals surface area contributed by atoms with Crippen molar-refractivity contribution >= 4 is 5.91 Å². The Balaban J connectivity index is 1.32. The third-order valence-corrected chi connectivity index (χ3v) is 7.58. The number of fused-ring (bicyclic) bond motifs is 1. The molecule has 2 aliphatic rings. The standard InChI is InChI=1S/C28H37N2O2/c1-21(22-7-4-3-5-8-22)19-27(31)30-17-14-28(32,15-18-30)20-24-11-12-26-23(13-16-29-2)9-6-10-25(24)26/h3-5,7-10,21,24,29,32H,11-20H2,1-2H3/t21-,24?/m1/s1. The summed E-state index contributed by atoms with van der Waals surface area (Å²) in [5, 5.41) is 14.6. The number of piperidine rings is 1. The third-order valence-electron chi connectivity index (χ3n) is 7.58. The zero-order chi connectivity index (χ0) is 22.6. The number of likely N-dealkylation sites (N-methyl/N-ethyl adjacent to an activating group) is 1. The summed E-state index contributed by atoms with van der Waals surface area (Å²) >= 11 is 0. The summed E-state index contributed by atoms with van der Waals surface area (Å²) in [6.07, 6.45) is 5.92. The summed E-state index contributed by atoms with van der Waals surface area (Å²) in [7, 11) is 1.99. The van der Waals surface area contributed by atoms with E-state index in [0.29, 0.717) is 38.3 Å². The van der Waals surface area contributed by atoms with Crippen LogP contribution < -0.4 is 5.32 Å². The Kier molecular flexibility index (Phi) is 7.32. The second-order valence-electron chi connectivity index (χ2n) is 9.83. The molecule has 4 rings (SSSR count). The Hall–Kier alpha value is -2.17. The third kappa shape index (κ3) is 5.24. The molecular formula is C28H37N2O2. The lowest BCUT2D eigenvalue weighted by molar-refractivity contribution is -0.136. The number of carbonyl (C=O) groups excluding carboxylic acids is 1. The number of nitrogens with zero attached hydrogens (tertiary/aromatic N) is 1. The normalized spacial score (nSPS) is 20.7. The van der Waals surface area contributed by atoms with Gasteiger partial charge < -0.3 is 15.3 Å². The zero-order valence-corrected chi connectivity index (χ0v) is 19.6. The minimum atomic E-state index is -0.672. The lowest BCUT2D eigenvalue weighted by atomic mass is 9.80. The fraction of sp³-hybridized carbons (Fsp3) is 0.536. The first-order chi connectivity index (χ1) is 15.5. The minimum absolute atomic E-state index is 0.207. The summed E-state index contributed by atoms with van der Waals surface area (Å²) in [5.41, 5.74) is 4.81. The molecule has 1 aliphatic carbocycles. The van der Waals surface area contributed by atoms with Crippen molar-refractivity contribution in [2.45, 2.75) is 69.3 Å². The van der Waals surface area contributed by atoms with Crippen molar-refractivity contribution in [3.8, 4) is 0 Å². The van der Waals surface area contributed by atoms with Gasteiger partial charge in [0.25, 0.3) is 0 Å². The molecular weight excluding hydrogens is 396 g/mol. The monoisotopic (exact) mass is 433 g/mol. The van der Waals surface area contributed by atoms with Gasteiger partial charge in [0.2, 0.25) is 5.91 Å². The predicted octanol–water partition coefficient (Wildman–Crippen LogP) is 4.22. The second kappa shape index (κ2) is 10.2. The topological polar surface area (TPSA) is 52.6 Å². The van der Waals surface area contributed by atoms with E-state index in [1.165, 1.54) is 22.3 Å². The minimum Gasteiger partial charge on any atom is -0.390 e. The van der Waals surface area contributed by atoms with Gasteiger partial charge in [-0.15, -0.1) is 0 Å². The number of likely N-dealkylation sites (tertiary alicyclic amines) is 1. The molecule has 1 aliphatic heterocycles. The Labute approximate surface area is 193 Å². The van der Waals surface area contributed by atoms with Crippen LogP contribution in [0.3, 0.4) is 0 Å². The quantitative estimate of drug-likeness (QED) is 0.656. The van der Waals surface area contributed by atoms with E-state index in [-0.39, 0.29) is 11.8 Å². The average Bonchev–Trinajstić information content (AvgIpc) is 3.21. The van der Waals surface area contributed by atoms with E-state index in [1.54, 1.807) is 0 Å². The number of rotatable bonds is 8. The molecule has 4 heteroatoms. The summed E-state index contributed by atoms with van der Waals surface area (Å²) in [5.74, 6) is 0.826. The molecule has 32 heavy (non-hydrogen) atoms. The Morgan fingerprint density at radius 3 is 2.72 bits per heavy atom. The van der Waals surface area contributed by atoms with Crippen LogP contribution in [0.1, 0.15) is 73.1 Å². The van der Waals surface area contributed by atoms with E-state index in [0.717, 1.165) is 32.2 Å². The molecule has 1 amide bonds. The van der Waals surface area contributed by atoms with E-state index < -0.39 is 5.60 Å². The van der Waals surface area contributed by atoms with Crippen LogP contribution in [0.15, 0.2) is 42.5 Å². The second-order valence-corrected chi connectivity index (χ2v) is 9.83. The fourth-order valence-corrected chi connectivity index (χ4v) is 5.56. The summed E-state index contributed by atoms with van der Waals surface area (Å²) in [6, 6.07) is 17.9.